The number of aryl methyl sites for hydroxylation is 2. The number of carbonyl (C=O) groups is 1. The zero-order valence-electron chi connectivity index (χ0n) is 17.5. The molecule has 5 nitrogen and oxygen atoms in total. The van der Waals surface area contributed by atoms with E-state index in [1.807, 2.05) is 26.0 Å². The van der Waals surface area contributed by atoms with Gasteiger partial charge in [0.15, 0.2) is 0 Å². The van der Waals surface area contributed by atoms with Crippen LogP contribution in [0.5, 0.6) is 5.75 Å². The van der Waals surface area contributed by atoms with Gasteiger partial charge in [0.25, 0.3) is 0 Å². The molecular weight excluding hydrogens is 362 g/mol. The smallest absolute Gasteiger partial charge is 0.220 e. The number of fused-ring (bicyclic) bond motifs is 1. The fourth-order valence-corrected chi connectivity index (χ4v) is 4.52. The van der Waals surface area contributed by atoms with Crippen LogP contribution in [0.2, 0.25) is 0 Å². The zero-order chi connectivity index (χ0) is 20.2. The summed E-state index contributed by atoms with van der Waals surface area (Å²) in [6.07, 6.45) is 10.9. The normalized spacial score (nSPS) is 18.9. The Kier molecular flexibility index (Phi) is 6.12. The van der Waals surface area contributed by atoms with Gasteiger partial charge < -0.3 is 10.1 Å². The monoisotopic (exact) mass is 393 g/mol. The average molecular weight is 394 g/mol. The maximum Gasteiger partial charge on any atom is 0.220 e. The van der Waals surface area contributed by atoms with Crippen LogP contribution in [0.4, 0.5) is 0 Å². The van der Waals surface area contributed by atoms with Crippen molar-refractivity contribution in [3.8, 4) is 17.0 Å². The van der Waals surface area contributed by atoms with Crippen molar-refractivity contribution in [2.75, 3.05) is 6.54 Å². The van der Waals surface area contributed by atoms with Crippen LogP contribution >= 0.6 is 0 Å². The second-order valence-corrected chi connectivity index (χ2v) is 8.56. The molecule has 0 spiro atoms. The lowest BCUT2D eigenvalue weighted by atomic mass is 9.86. The second-order valence-electron chi connectivity index (χ2n) is 8.56. The van der Waals surface area contributed by atoms with Gasteiger partial charge in [0.1, 0.15) is 11.9 Å². The van der Waals surface area contributed by atoms with Crippen LogP contribution in [-0.4, -0.2) is 28.5 Å². The van der Waals surface area contributed by atoms with Gasteiger partial charge in [0, 0.05) is 24.6 Å². The Morgan fingerprint density at radius 1 is 1.21 bits per heavy atom. The standard InChI is InChI=1S/C24H31N3O2/c1-16-14-25-17(2)24(27-16)19-9-10-22-20(12-19)13-21(29-22)15-26-23(28)11-8-18-6-4-3-5-7-18/h9-10,12,14,18,21H,3-8,11,13,15H2,1-2H3,(H,26,28)/t21-/m0/s1. The number of aromatic nitrogens is 2. The van der Waals surface area contributed by atoms with Crippen molar-refractivity contribution in [3.63, 3.8) is 0 Å². The minimum absolute atomic E-state index is 0.00331. The van der Waals surface area contributed by atoms with E-state index in [2.05, 4.69) is 21.4 Å². The van der Waals surface area contributed by atoms with Crippen LogP contribution in [0.15, 0.2) is 24.4 Å². The van der Waals surface area contributed by atoms with Gasteiger partial charge in [-0.3, -0.25) is 9.78 Å². The Hall–Kier alpha value is -2.43. The minimum atomic E-state index is 0.00331. The molecule has 1 saturated carbocycles. The van der Waals surface area contributed by atoms with Crippen LogP contribution in [0.25, 0.3) is 11.3 Å². The lowest BCUT2D eigenvalue weighted by molar-refractivity contribution is -0.121. The highest BCUT2D eigenvalue weighted by Crippen LogP contribution is 2.33. The molecule has 0 saturated heterocycles. The molecule has 0 bridgehead atoms. The number of carbonyl (C=O) groups excluding carboxylic acids is 1. The summed E-state index contributed by atoms with van der Waals surface area (Å²) >= 11 is 0. The Labute approximate surface area is 173 Å². The van der Waals surface area contributed by atoms with Crippen LogP contribution < -0.4 is 10.1 Å². The first kappa shape index (κ1) is 19.9. The molecule has 154 valence electrons. The van der Waals surface area contributed by atoms with E-state index in [1.54, 1.807) is 6.20 Å². The van der Waals surface area contributed by atoms with Gasteiger partial charge in [0.2, 0.25) is 5.91 Å². The number of benzene rings is 1. The first-order chi connectivity index (χ1) is 14.1. The molecule has 0 unspecified atom stereocenters. The van der Waals surface area contributed by atoms with Crippen molar-refractivity contribution in [2.24, 2.45) is 5.92 Å². The predicted octanol–water partition coefficient (Wildman–Crippen LogP) is 4.54. The molecule has 1 N–H and O–H groups in total. The van der Waals surface area contributed by atoms with Crippen LogP contribution in [0.3, 0.4) is 0 Å². The molecule has 5 heteroatoms. The highest BCUT2D eigenvalue weighted by atomic mass is 16.5. The van der Waals surface area contributed by atoms with Crippen molar-refractivity contribution in [1.29, 1.82) is 0 Å². The topological polar surface area (TPSA) is 64.1 Å². The van der Waals surface area contributed by atoms with Gasteiger partial charge in [0.05, 0.1) is 23.6 Å². The number of hydrogen-bond donors (Lipinski definition) is 1. The first-order valence-corrected chi connectivity index (χ1v) is 11.0. The van der Waals surface area contributed by atoms with E-state index < -0.39 is 0 Å². The van der Waals surface area contributed by atoms with Crippen LogP contribution in [0.1, 0.15) is 61.9 Å². The van der Waals surface area contributed by atoms with Crippen molar-refractivity contribution >= 4 is 5.91 Å². The van der Waals surface area contributed by atoms with E-state index >= 15 is 0 Å². The molecule has 1 aliphatic heterocycles. The molecule has 1 amide bonds. The summed E-state index contributed by atoms with van der Waals surface area (Å²) in [5.41, 5.74) is 5.00. The third-order valence-electron chi connectivity index (χ3n) is 6.18. The van der Waals surface area contributed by atoms with Gasteiger partial charge >= 0.3 is 0 Å². The predicted molar refractivity (Wildman–Crippen MR) is 114 cm³/mol. The summed E-state index contributed by atoms with van der Waals surface area (Å²) in [5, 5.41) is 3.08. The summed E-state index contributed by atoms with van der Waals surface area (Å²) in [4.78, 5) is 21.3. The third-order valence-corrected chi connectivity index (χ3v) is 6.18. The molecule has 1 aromatic carbocycles. The molecule has 1 aliphatic carbocycles. The molecule has 1 aromatic heterocycles. The van der Waals surface area contributed by atoms with E-state index in [9.17, 15) is 4.79 Å². The Morgan fingerprint density at radius 3 is 2.86 bits per heavy atom. The maximum atomic E-state index is 12.2. The lowest BCUT2D eigenvalue weighted by Crippen LogP contribution is -2.34. The molecule has 4 rings (SSSR count). The number of ether oxygens (including phenoxy) is 1. The molecule has 0 radical (unpaired) electrons. The SMILES string of the molecule is Cc1cnc(C)c(-c2ccc3c(c2)C[C@@H](CNC(=O)CCC2CCCCC2)O3)n1. The maximum absolute atomic E-state index is 12.2. The van der Waals surface area contributed by atoms with Gasteiger partial charge in [-0.15, -0.1) is 0 Å². The van der Waals surface area contributed by atoms with Crippen LogP contribution in [-0.2, 0) is 11.2 Å². The van der Waals surface area contributed by atoms with Crippen molar-refractivity contribution in [3.05, 3.63) is 41.3 Å². The van der Waals surface area contributed by atoms with E-state index in [0.717, 1.165) is 47.2 Å². The molecule has 29 heavy (non-hydrogen) atoms. The molecule has 1 atom stereocenters. The van der Waals surface area contributed by atoms with Gasteiger partial charge in [-0.05, 0) is 49.9 Å². The minimum Gasteiger partial charge on any atom is -0.488 e. The molecule has 2 aromatic rings. The summed E-state index contributed by atoms with van der Waals surface area (Å²) in [6, 6.07) is 6.20. The zero-order valence-corrected chi connectivity index (χ0v) is 17.5. The number of nitrogens with one attached hydrogen (secondary N) is 1. The van der Waals surface area contributed by atoms with E-state index in [4.69, 9.17) is 4.74 Å². The number of rotatable bonds is 6. The second kappa shape index (κ2) is 8.93. The quantitative estimate of drug-likeness (QED) is 0.782. The highest BCUT2D eigenvalue weighted by Gasteiger charge is 2.24. The van der Waals surface area contributed by atoms with Crippen LogP contribution in [0, 0.1) is 19.8 Å². The highest BCUT2D eigenvalue weighted by molar-refractivity contribution is 5.75. The van der Waals surface area contributed by atoms with E-state index in [-0.39, 0.29) is 12.0 Å². The molecular formula is C24H31N3O2. The van der Waals surface area contributed by atoms with E-state index in [0.29, 0.717) is 13.0 Å². The van der Waals surface area contributed by atoms with Crippen molar-refractivity contribution in [2.45, 2.75) is 71.3 Å². The number of nitrogens with zero attached hydrogens (tertiary/aromatic N) is 2. The third kappa shape index (κ3) is 4.95. The molecule has 1 fully saturated rings. The van der Waals surface area contributed by atoms with Gasteiger partial charge in [-0.2, -0.15) is 0 Å². The molecule has 2 heterocycles. The van der Waals surface area contributed by atoms with E-state index in [1.165, 1.54) is 37.7 Å². The summed E-state index contributed by atoms with van der Waals surface area (Å²) < 4.78 is 6.05. The van der Waals surface area contributed by atoms with Gasteiger partial charge in [-0.25, -0.2) is 4.98 Å². The summed E-state index contributed by atoms with van der Waals surface area (Å²) in [6.45, 7) is 4.51. The summed E-state index contributed by atoms with van der Waals surface area (Å²) in [7, 11) is 0. The fraction of sp³-hybridized carbons (Fsp3) is 0.542. The Balaban J connectivity index is 1.30. The summed E-state index contributed by atoms with van der Waals surface area (Å²) in [5.74, 6) is 1.81. The Morgan fingerprint density at radius 2 is 2.03 bits per heavy atom. The number of hydrogen-bond acceptors (Lipinski definition) is 4. The largest absolute Gasteiger partial charge is 0.488 e. The molecule has 2 aliphatic rings. The first-order valence-electron chi connectivity index (χ1n) is 11.0. The Bertz CT molecular complexity index is 874. The fourth-order valence-electron chi connectivity index (χ4n) is 4.52. The lowest BCUT2D eigenvalue weighted by Gasteiger charge is -2.21. The average Bonchev–Trinajstić information content (AvgIpc) is 3.15. The van der Waals surface area contributed by atoms with Gasteiger partial charge in [-0.1, -0.05) is 32.1 Å². The van der Waals surface area contributed by atoms with Crippen molar-refractivity contribution in [1.82, 2.24) is 15.3 Å². The van der Waals surface area contributed by atoms with Crippen molar-refractivity contribution < 1.29 is 9.53 Å². The number of amides is 1.